The number of nitriles is 1. The number of anilines is 2. The van der Waals surface area contributed by atoms with Crippen molar-refractivity contribution >= 4 is 11.8 Å². The van der Waals surface area contributed by atoms with Crippen LogP contribution in [0, 0.1) is 11.3 Å². The Kier molecular flexibility index (Phi) is 6.51. The molecule has 27 heavy (non-hydrogen) atoms. The lowest BCUT2D eigenvalue weighted by atomic mass is 9.93. The standard InChI is InChI=1S/C20H31N5O2/c1-20(26)10-4-3-5-16(11-20)23-18-14(12-21)13-22-19(25-18)24-15-6-8-17(27-2)9-7-15/h13,15-17,26H,3-11H2,1-2H3,(H2,22,23,24,25)/t15-,16-,17-,20-/m1/s1. The lowest BCUT2D eigenvalue weighted by Crippen LogP contribution is -2.32. The molecule has 2 aliphatic rings. The van der Waals surface area contributed by atoms with Gasteiger partial charge in [0.25, 0.3) is 0 Å². The normalized spacial score (nSPS) is 31.6. The number of nitrogens with one attached hydrogen (secondary N) is 2. The Morgan fingerprint density at radius 2 is 1.96 bits per heavy atom. The fraction of sp³-hybridized carbons (Fsp3) is 0.750. The number of rotatable bonds is 5. The van der Waals surface area contributed by atoms with Gasteiger partial charge in [0.1, 0.15) is 17.5 Å². The molecular formula is C20H31N5O2. The lowest BCUT2D eigenvalue weighted by molar-refractivity contribution is 0.0420. The van der Waals surface area contributed by atoms with Crippen molar-refractivity contribution in [2.75, 3.05) is 17.7 Å². The first-order valence-corrected chi connectivity index (χ1v) is 10.0. The van der Waals surface area contributed by atoms with E-state index in [9.17, 15) is 10.4 Å². The van der Waals surface area contributed by atoms with Gasteiger partial charge in [-0.1, -0.05) is 12.8 Å². The summed E-state index contributed by atoms with van der Waals surface area (Å²) in [5.74, 6) is 1.11. The van der Waals surface area contributed by atoms with E-state index in [1.54, 1.807) is 13.3 Å². The summed E-state index contributed by atoms with van der Waals surface area (Å²) in [6, 6.07) is 2.61. The van der Waals surface area contributed by atoms with Crippen molar-refractivity contribution in [3.05, 3.63) is 11.8 Å². The maximum Gasteiger partial charge on any atom is 0.224 e. The van der Waals surface area contributed by atoms with E-state index in [4.69, 9.17) is 4.74 Å². The second kappa shape index (κ2) is 8.85. The third kappa shape index (κ3) is 5.53. The van der Waals surface area contributed by atoms with Crippen molar-refractivity contribution < 1.29 is 9.84 Å². The van der Waals surface area contributed by atoms with Crippen molar-refractivity contribution in [1.29, 1.82) is 5.26 Å². The Labute approximate surface area is 161 Å². The molecular weight excluding hydrogens is 342 g/mol. The number of aliphatic hydroxyl groups is 1. The molecule has 0 amide bonds. The highest BCUT2D eigenvalue weighted by Gasteiger charge is 2.29. The van der Waals surface area contributed by atoms with Crippen molar-refractivity contribution in [2.45, 2.75) is 88.5 Å². The summed E-state index contributed by atoms with van der Waals surface area (Å²) >= 11 is 0. The Bertz CT molecular complexity index is 665. The third-order valence-electron chi connectivity index (χ3n) is 5.79. The minimum atomic E-state index is -0.672. The third-order valence-corrected chi connectivity index (χ3v) is 5.79. The van der Waals surface area contributed by atoms with Crippen LogP contribution < -0.4 is 10.6 Å². The van der Waals surface area contributed by atoms with E-state index in [-0.39, 0.29) is 6.04 Å². The fourth-order valence-electron chi connectivity index (χ4n) is 4.22. The molecule has 7 nitrogen and oxygen atoms in total. The molecule has 0 unspecified atom stereocenters. The zero-order valence-electron chi connectivity index (χ0n) is 16.4. The van der Waals surface area contributed by atoms with Gasteiger partial charge in [-0.05, 0) is 51.9 Å². The highest BCUT2D eigenvalue weighted by Crippen LogP contribution is 2.29. The van der Waals surface area contributed by atoms with Gasteiger partial charge in [-0.25, -0.2) is 4.98 Å². The summed E-state index contributed by atoms with van der Waals surface area (Å²) < 4.78 is 5.43. The van der Waals surface area contributed by atoms with Crippen LogP contribution in [-0.4, -0.2) is 46.0 Å². The zero-order chi connectivity index (χ0) is 19.3. The van der Waals surface area contributed by atoms with Gasteiger partial charge in [0.05, 0.1) is 17.9 Å². The summed E-state index contributed by atoms with van der Waals surface area (Å²) in [6.45, 7) is 1.89. The summed E-state index contributed by atoms with van der Waals surface area (Å²) in [5, 5.41) is 26.7. The van der Waals surface area contributed by atoms with E-state index in [0.29, 0.717) is 35.9 Å². The summed E-state index contributed by atoms with van der Waals surface area (Å²) in [7, 11) is 1.77. The fourth-order valence-corrected chi connectivity index (χ4v) is 4.22. The number of aromatic nitrogens is 2. The molecule has 1 aromatic rings. The van der Waals surface area contributed by atoms with E-state index >= 15 is 0 Å². The second-order valence-electron chi connectivity index (χ2n) is 8.21. The number of hydrogen-bond donors (Lipinski definition) is 3. The first-order valence-electron chi connectivity index (χ1n) is 10.0. The van der Waals surface area contributed by atoms with Crippen molar-refractivity contribution in [1.82, 2.24) is 9.97 Å². The molecule has 1 heterocycles. The Balaban J connectivity index is 1.67. The number of ether oxygens (including phenoxy) is 1. The molecule has 2 saturated carbocycles. The van der Waals surface area contributed by atoms with Crippen LogP contribution in [0.2, 0.25) is 0 Å². The van der Waals surface area contributed by atoms with Gasteiger partial charge in [-0.15, -0.1) is 0 Å². The van der Waals surface area contributed by atoms with Gasteiger partial charge >= 0.3 is 0 Å². The molecule has 3 N–H and O–H groups in total. The molecule has 2 fully saturated rings. The zero-order valence-corrected chi connectivity index (χ0v) is 16.4. The highest BCUT2D eigenvalue weighted by molar-refractivity contribution is 5.54. The molecule has 2 atom stereocenters. The minimum absolute atomic E-state index is 0.106. The van der Waals surface area contributed by atoms with Gasteiger partial charge in [0.15, 0.2) is 0 Å². The first kappa shape index (κ1) is 19.8. The molecule has 3 rings (SSSR count). The van der Waals surface area contributed by atoms with Crippen molar-refractivity contribution in [2.24, 2.45) is 0 Å². The Hall–Kier alpha value is -1.91. The molecule has 0 radical (unpaired) electrons. The van der Waals surface area contributed by atoms with Gasteiger partial charge in [-0.2, -0.15) is 10.2 Å². The van der Waals surface area contributed by atoms with Crippen LogP contribution in [0.3, 0.4) is 0 Å². The van der Waals surface area contributed by atoms with E-state index in [2.05, 4.69) is 26.7 Å². The van der Waals surface area contributed by atoms with Crippen LogP contribution in [0.5, 0.6) is 0 Å². The lowest BCUT2D eigenvalue weighted by Gasteiger charge is -2.28. The van der Waals surface area contributed by atoms with Crippen LogP contribution >= 0.6 is 0 Å². The topological polar surface area (TPSA) is 103 Å². The average Bonchev–Trinajstić information content (AvgIpc) is 2.82. The van der Waals surface area contributed by atoms with Gasteiger partial charge in [0, 0.05) is 19.2 Å². The molecule has 7 heteroatoms. The quantitative estimate of drug-likeness (QED) is 0.681. The molecule has 148 valence electrons. The molecule has 0 aromatic carbocycles. The molecule has 0 bridgehead atoms. The van der Waals surface area contributed by atoms with E-state index in [0.717, 1.165) is 51.4 Å². The number of nitrogens with zero attached hydrogens (tertiary/aromatic N) is 3. The molecule has 0 spiro atoms. The molecule has 0 aliphatic heterocycles. The predicted octanol–water partition coefficient (Wildman–Crippen LogP) is 3.21. The number of hydrogen-bond acceptors (Lipinski definition) is 7. The average molecular weight is 374 g/mol. The van der Waals surface area contributed by atoms with Crippen LogP contribution in [0.1, 0.15) is 70.3 Å². The summed E-state index contributed by atoms with van der Waals surface area (Å²) in [4.78, 5) is 8.90. The minimum Gasteiger partial charge on any atom is -0.390 e. The van der Waals surface area contributed by atoms with Crippen molar-refractivity contribution in [3.63, 3.8) is 0 Å². The van der Waals surface area contributed by atoms with E-state index in [1.807, 2.05) is 6.92 Å². The maximum absolute atomic E-state index is 10.5. The molecule has 1 aromatic heterocycles. The Morgan fingerprint density at radius 1 is 1.19 bits per heavy atom. The van der Waals surface area contributed by atoms with Gasteiger partial charge < -0.3 is 20.5 Å². The van der Waals surface area contributed by atoms with Crippen LogP contribution in [0.25, 0.3) is 0 Å². The monoisotopic (exact) mass is 373 g/mol. The SMILES string of the molecule is CO[C@H]1CC[C@H](Nc2ncc(C#N)c(N[C@@H]3CCCC[C@@](C)(O)C3)n2)CC1. The summed E-state index contributed by atoms with van der Waals surface area (Å²) in [5.41, 5.74) is -0.234. The Morgan fingerprint density at radius 3 is 2.67 bits per heavy atom. The summed E-state index contributed by atoms with van der Waals surface area (Å²) in [6.07, 6.45) is 10.6. The molecule has 2 aliphatic carbocycles. The second-order valence-corrected chi connectivity index (χ2v) is 8.21. The van der Waals surface area contributed by atoms with E-state index < -0.39 is 5.60 Å². The van der Waals surface area contributed by atoms with E-state index in [1.165, 1.54) is 0 Å². The smallest absolute Gasteiger partial charge is 0.224 e. The predicted molar refractivity (Wildman–Crippen MR) is 105 cm³/mol. The van der Waals surface area contributed by atoms with Crippen LogP contribution in [-0.2, 0) is 4.74 Å². The van der Waals surface area contributed by atoms with Gasteiger partial charge in [0.2, 0.25) is 5.95 Å². The maximum atomic E-state index is 10.5. The van der Waals surface area contributed by atoms with Crippen molar-refractivity contribution in [3.8, 4) is 6.07 Å². The highest BCUT2D eigenvalue weighted by atomic mass is 16.5. The van der Waals surface area contributed by atoms with Crippen LogP contribution in [0.15, 0.2) is 6.20 Å². The van der Waals surface area contributed by atoms with Crippen LogP contribution in [0.4, 0.5) is 11.8 Å². The largest absolute Gasteiger partial charge is 0.390 e. The van der Waals surface area contributed by atoms with Gasteiger partial charge in [-0.3, -0.25) is 0 Å². The number of methoxy groups -OCH3 is 1. The molecule has 0 saturated heterocycles. The first-order chi connectivity index (χ1) is 13.0.